The van der Waals surface area contributed by atoms with Crippen LogP contribution in [0.5, 0.6) is 0 Å². The van der Waals surface area contributed by atoms with E-state index in [1.54, 1.807) is 0 Å². The van der Waals surface area contributed by atoms with Gasteiger partial charge in [-0.1, -0.05) is 37.3 Å². The Hall–Kier alpha value is -0.860. The van der Waals surface area contributed by atoms with Crippen LogP contribution in [0.15, 0.2) is 30.3 Å². The molecule has 0 bridgehead atoms. The first-order chi connectivity index (χ1) is 9.32. The Morgan fingerprint density at radius 1 is 1.21 bits per heavy atom. The average Bonchev–Trinajstić information content (AvgIpc) is 3.07. The summed E-state index contributed by atoms with van der Waals surface area (Å²) in [6, 6.07) is 11.8. The van der Waals surface area contributed by atoms with Crippen molar-refractivity contribution in [2.45, 2.75) is 45.2 Å². The van der Waals surface area contributed by atoms with Gasteiger partial charge in [0, 0.05) is 25.7 Å². The summed E-state index contributed by atoms with van der Waals surface area (Å²) in [7, 11) is 0. The first kappa shape index (κ1) is 11.9. The van der Waals surface area contributed by atoms with Gasteiger partial charge in [0.25, 0.3) is 0 Å². The molecule has 1 saturated carbocycles. The van der Waals surface area contributed by atoms with E-state index in [4.69, 9.17) is 0 Å². The molecule has 0 N–H and O–H groups in total. The van der Waals surface area contributed by atoms with E-state index in [1.165, 1.54) is 44.3 Å². The molecule has 102 valence electrons. The molecule has 2 heteroatoms. The molecule has 1 aromatic carbocycles. The topological polar surface area (TPSA) is 6.48 Å². The Morgan fingerprint density at radius 3 is 2.84 bits per heavy atom. The Kier molecular flexibility index (Phi) is 2.71. The molecular formula is C17H24N2. The Balaban J connectivity index is 1.55. The molecule has 0 unspecified atom stereocenters. The van der Waals surface area contributed by atoms with E-state index < -0.39 is 0 Å². The summed E-state index contributed by atoms with van der Waals surface area (Å²) in [4.78, 5) is 0. The summed E-state index contributed by atoms with van der Waals surface area (Å²) in [5.41, 5.74) is 2.12. The molecule has 2 nitrogen and oxygen atoms in total. The van der Waals surface area contributed by atoms with Crippen LogP contribution in [0.4, 0.5) is 0 Å². The minimum atomic E-state index is 0.663. The molecule has 3 atom stereocenters. The minimum Gasteiger partial charge on any atom is -0.237 e. The molecule has 2 aliphatic heterocycles. The van der Waals surface area contributed by atoms with Crippen LogP contribution in [0.2, 0.25) is 0 Å². The third kappa shape index (κ3) is 1.70. The molecule has 3 aliphatic rings. The van der Waals surface area contributed by atoms with Gasteiger partial charge in [0.1, 0.15) is 0 Å². The van der Waals surface area contributed by atoms with E-state index in [0.29, 0.717) is 5.41 Å². The molecule has 0 amide bonds. The molecule has 19 heavy (non-hydrogen) atoms. The smallest absolute Gasteiger partial charge is 0.0384 e. The average molecular weight is 256 g/mol. The number of benzene rings is 1. The molecule has 0 radical (unpaired) electrons. The van der Waals surface area contributed by atoms with Crippen molar-refractivity contribution in [2.24, 2.45) is 11.3 Å². The Bertz CT molecular complexity index is 458. The van der Waals surface area contributed by atoms with Crippen molar-refractivity contribution in [3.63, 3.8) is 0 Å². The van der Waals surface area contributed by atoms with Gasteiger partial charge in [0.2, 0.25) is 0 Å². The minimum absolute atomic E-state index is 0.663. The molecular weight excluding hydrogens is 232 g/mol. The zero-order chi connectivity index (χ0) is 12.9. The zero-order valence-corrected chi connectivity index (χ0v) is 11.9. The van der Waals surface area contributed by atoms with Crippen LogP contribution in [0, 0.1) is 11.3 Å². The quantitative estimate of drug-likeness (QED) is 0.818. The van der Waals surface area contributed by atoms with E-state index in [0.717, 1.165) is 18.5 Å². The highest BCUT2D eigenvalue weighted by atomic mass is 15.7. The SMILES string of the molecule is CC[C@]12CC[C@@H]3CN(Cc4ccccc4)N(CC1)[C@@H]32. The van der Waals surface area contributed by atoms with Gasteiger partial charge in [-0.05, 0) is 42.6 Å². The predicted molar refractivity (Wildman–Crippen MR) is 77.4 cm³/mol. The molecule has 3 fully saturated rings. The second kappa shape index (κ2) is 4.32. The molecule has 2 heterocycles. The first-order valence-electron chi connectivity index (χ1n) is 7.88. The monoisotopic (exact) mass is 256 g/mol. The van der Waals surface area contributed by atoms with Gasteiger partial charge in [0.05, 0.1) is 0 Å². The van der Waals surface area contributed by atoms with Crippen molar-refractivity contribution in [3.8, 4) is 0 Å². The number of hydrogen-bond acceptors (Lipinski definition) is 2. The fourth-order valence-corrected chi connectivity index (χ4v) is 4.98. The maximum Gasteiger partial charge on any atom is 0.0384 e. The summed E-state index contributed by atoms with van der Waals surface area (Å²) in [6.45, 7) is 6.10. The van der Waals surface area contributed by atoms with Gasteiger partial charge in [0.15, 0.2) is 0 Å². The van der Waals surface area contributed by atoms with Crippen LogP contribution in [-0.2, 0) is 6.54 Å². The lowest BCUT2D eigenvalue weighted by Gasteiger charge is -2.32. The largest absolute Gasteiger partial charge is 0.237 e. The van der Waals surface area contributed by atoms with Crippen molar-refractivity contribution in [3.05, 3.63) is 35.9 Å². The van der Waals surface area contributed by atoms with Crippen molar-refractivity contribution in [1.29, 1.82) is 0 Å². The lowest BCUT2D eigenvalue weighted by Crippen LogP contribution is -2.40. The van der Waals surface area contributed by atoms with Gasteiger partial charge in [-0.25, -0.2) is 10.0 Å². The van der Waals surface area contributed by atoms with Crippen molar-refractivity contribution in [1.82, 2.24) is 10.0 Å². The van der Waals surface area contributed by atoms with Gasteiger partial charge >= 0.3 is 0 Å². The summed E-state index contributed by atoms with van der Waals surface area (Å²) >= 11 is 0. The van der Waals surface area contributed by atoms with E-state index in [2.05, 4.69) is 47.3 Å². The van der Waals surface area contributed by atoms with Crippen molar-refractivity contribution < 1.29 is 0 Å². The molecule has 4 rings (SSSR count). The lowest BCUT2D eigenvalue weighted by atomic mass is 9.79. The predicted octanol–water partition coefficient (Wildman–Crippen LogP) is 3.30. The molecule has 1 aromatic rings. The van der Waals surface area contributed by atoms with Crippen LogP contribution in [0.3, 0.4) is 0 Å². The lowest BCUT2D eigenvalue weighted by molar-refractivity contribution is 0.000483. The van der Waals surface area contributed by atoms with Gasteiger partial charge in [-0.3, -0.25) is 0 Å². The second-order valence-electron chi connectivity index (χ2n) is 6.71. The van der Waals surface area contributed by atoms with Crippen molar-refractivity contribution in [2.75, 3.05) is 13.1 Å². The van der Waals surface area contributed by atoms with E-state index in [1.807, 2.05) is 0 Å². The fourth-order valence-electron chi connectivity index (χ4n) is 4.98. The van der Waals surface area contributed by atoms with Gasteiger partial charge in [-0.2, -0.15) is 0 Å². The molecule has 0 aromatic heterocycles. The maximum absolute atomic E-state index is 2.73. The Morgan fingerprint density at radius 2 is 2.05 bits per heavy atom. The summed E-state index contributed by atoms with van der Waals surface area (Å²) in [5, 5.41) is 5.37. The van der Waals surface area contributed by atoms with E-state index in [9.17, 15) is 0 Å². The summed E-state index contributed by atoms with van der Waals surface area (Å²) in [5.74, 6) is 0.936. The normalized spacial score (nSPS) is 37.9. The van der Waals surface area contributed by atoms with E-state index in [-0.39, 0.29) is 0 Å². The highest BCUT2D eigenvalue weighted by molar-refractivity contribution is 5.16. The molecule has 0 spiro atoms. The van der Waals surface area contributed by atoms with Gasteiger partial charge in [-0.15, -0.1) is 0 Å². The fraction of sp³-hybridized carbons (Fsp3) is 0.647. The number of nitrogens with zero attached hydrogens (tertiary/aromatic N) is 2. The van der Waals surface area contributed by atoms with Crippen molar-refractivity contribution >= 4 is 0 Å². The van der Waals surface area contributed by atoms with Gasteiger partial charge < -0.3 is 0 Å². The molecule has 2 saturated heterocycles. The van der Waals surface area contributed by atoms with E-state index >= 15 is 0 Å². The van der Waals surface area contributed by atoms with Crippen LogP contribution in [-0.4, -0.2) is 29.1 Å². The number of hydrogen-bond donors (Lipinski definition) is 0. The highest BCUT2D eigenvalue weighted by Crippen LogP contribution is 2.57. The van der Waals surface area contributed by atoms with Crippen LogP contribution in [0.25, 0.3) is 0 Å². The standard InChI is InChI=1S/C17H24N2/c1-2-17-9-8-15-13-18(19(11-10-17)16(15)17)12-14-6-4-3-5-7-14/h3-7,15-16H,2,8-13H2,1H3/t15-,16+,17+/m1/s1. The summed E-state index contributed by atoms with van der Waals surface area (Å²) in [6.07, 6.45) is 5.74. The second-order valence-corrected chi connectivity index (χ2v) is 6.71. The third-order valence-electron chi connectivity index (χ3n) is 5.97. The zero-order valence-electron chi connectivity index (χ0n) is 11.9. The van der Waals surface area contributed by atoms with Crippen LogP contribution < -0.4 is 0 Å². The number of hydrazine groups is 1. The maximum atomic E-state index is 2.73. The first-order valence-corrected chi connectivity index (χ1v) is 7.88. The van der Waals surface area contributed by atoms with Crippen LogP contribution in [0.1, 0.15) is 38.2 Å². The number of rotatable bonds is 3. The molecule has 1 aliphatic carbocycles. The highest BCUT2D eigenvalue weighted by Gasteiger charge is 2.58. The summed E-state index contributed by atoms with van der Waals surface area (Å²) < 4.78 is 0. The third-order valence-corrected chi connectivity index (χ3v) is 5.97. The van der Waals surface area contributed by atoms with Crippen LogP contribution >= 0.6 is 0 Å². The Labute approximate surface area is 116 Å².